The summed E-state index contributed by atoms with van der Waals surface area (Å²) in [4.78, 5) is 32.9. The Morgan fingerprint density at radius 3 is 2.12 bits per heavy atom. The van der Waals surface area contributed by atoms with Gasteiger partial charge in [-0.25, -0.2) is 4.98 Å². The molecule has 2 amide bonds. The average molecular weight is 725 g/mol. The molecule has 0 aliphatic carbocycles. The second-order valence-corrected chi connectivity index (χ2v) is 22.5. The van der Waals surface area contributed by atoms with Crippen LogP contribution < -0.4 is 4.72 Å². The Morgan fingerprint density at radius 2 is 1.59 bits per heavy atom. The van der Waals surface area contributed by atoms with Gasteiger partial charge in [0.15, 0.2) is 5.60 Å². The number of imide groups is 1. The Kier molecular flexibility index (Phi) is 11.8. The quantitative estimate of drug-likeness (QED) is 0.0789. The van der Waals surface area contributed by atoms with Crippen molar-refractivity contribution in [1.82, 2.24) is 19.2 Å². The zero-order chi connectivity index (χ0) is 36.5. The second-order valence-electron chi connectivity index (χ2n) is 14.9. The molecule has 0 saturated heterocycles. The van der Waals surface area contributed by atoms with Crippen molar-refractivity contribution in [3.05, 3.63) is 65.0 Å². The first kappa shape index (κ1) is 39.0. The molecule has 1 unspecified atom stereocenters. The number of imidazole rings is 1. The van der Waals surface area contributed by atoms with Gasteiger partial charge < -0.3 is 23.3 Å². The summed E-state index contributed by atoms with van der Waals surface area (Å²) in [6.45, 7) is 13.8. The number of fused-ring (bicyclic) bond motifs is 2. The number of aromatic nitrogens is 2. The van der Waals surface area contributed by atoms with E-state index in [0.717, 1.165) is 19.9 Å². The normalized spacial score (nSPS) is 16.4. The fourth-order valence-electron chi connectivity index (χ4n) is 5.12. The Morgan fingerprint density at radius 1 is 0.980 bits per heavy atom. The van der Waals surface area contributed by atoms with Gasteiger partial charge in [-0.05, 0) is 70.5 Å². The maximum atomic E-state index is 13.8. The van der Waals surface area contributed by atoms with Crippen LogP contribution in [0.1, 0.15) is 78.8 Å². The second kappa shape index (κ2) is 14.8. The maximum Gasteiger partial charge on any atom is 0.416 e. The van der Waals surface area contributed by atoms with Gasteiger partial charge in [0.05, 0.1) is 41.4 Å². The molecule has 2 aromatic carbocycles. The zero-order valence-corrected chi connectivity index (χ0v) is 31.4. The Balaban J connectivity index is 1.80. The van der Waals surface area contributed by atoms with Crippen LogP contribution in [0.5, 0.6) is 0 Å². The van der Waals surface area contributed by atoms with E-state index in [1.165, 1.54) is 12.0 Å². The third-order valence-corrected chi connectivity index (χ3v) is 11.6. The lowest BCUT2D eigenvalue weighted by molar-refractivity contribution is -0.265. The fourth-order valence-corrected chi connectivity index (χ4v) is 6.66. The minimum absolute atomic E-state index is 0.0133. The van der Waals surface area contributed by atoms with Crippen molar-refractivity contribution in [2.75, 3.05) is 26.9 Å². The molecule has 270 valence electrons. The minimum atomic E-state index is -4.66. The van der Waals surface area contributed by atoms with E-state index in [9.17, 15) is 27.3 Å². The highest BCUT2D eigenvalue weighted by atomic mass is 32.2. The van der Waals surface area contributed by atoms with E-state index in [4.69, 9.17) is 19.2 Å². The topological polar surface area (TPSA) is 118 Å². The highest BCUT2D eigenvalue weighted by Crippen LogP contribution is 2.36. The maximum absolute atomic E-state index is 13.8. The van der Waals surface area contributed by atoms with Crippen LogP contribution in [0.25, 0.3) is 11.0 Å². The van der Waals surface area contributed by atoms with Gasteiger partial charge in [0.2, 0.25) is 0 Å². The van der Waals surface area contributed by atoms with Crippen molar-refractivity contribution in [1.29, 1.82) is 0 Å². The molecule has 0 fully saturated rings. The van der Waals surface area contributed by atoms with Gasteiger partial charge in [0.25, 0.3) is 11.8 Å². The van der Waals surface area contributed by atoms with Crippen LogP contribution in [0.2, 0.25) is 25.7 Å². The number of nitrogens with one attached hydrogen (secondary N) is 1. The molecule has 1 N–H and O–H groups in total. The predicted octanol–water partition coefficient (Wildman–Crippen LogP) is 6.78. The molecule has 1 aliphatic rings. The van der Waals surface area contributed by atoms with Crippen LogP contribution >= 0.6 is 0 Å². The molecule has 0 spiro atoms. The number of rotatable bonds is 15. The summed E-state index contributed by atoms with van der Waals surface area (Å²) in [5.41, 5.74) is -0.292. The molecule has 0 bridgehead atoms. The lowest BCUT2D eigenvalue weighted by atomic mass is 10.0. The molecule has 10 nitrogen and oxygen atoms in total. The molecule has 0 radical (unpaired) electrons. The van der Waals surface area contributed by atoms with Crippen molar-refractivity contribution in [3.8, 4) is 0 Å². The van der Waals surface area contributed by atoms with E-state index >= 15 is 0 Å². The van der Waals surface area contributed by atoms with E-state index in [1.54, 1.807) is 67.8 Å². The number of amides is 2. The highest BCUT2D eigenvalue weighted by Gasteiger charge is 2.49. The van der Waals surface area contributed by atoms with Crippen LogP contribution in [-0.4, -0.2) is 82.3 Å². The van der Waals surface area contributed by atoms with Crippen molar-refractivity contribution in [2.45, 2.75) is 95.6 Å². The summed E-state index contributed by atoms with van der Waals surface area (Å²) in [5.74, 6) is -0.619. The number of ether oxygens (including phenoxy) is 3. The summed E-state index contributed by atoms with van der Waals surface area (Å²) in [6.07, 6.45) is -4.66. The van der Waals surface area contributed by atoms with Crippen LogP contribution in [0.15, 0.2) is 42.5 Å². The Labute approximate surface area is 290 Å². The first-order valence-corrected chi connectivity index (χ1v) is 20.9. The first-order valence-electron chi connectivity index (χ1n) is 16.1. The predicted molar refractivity (Wildman–Crippen MR) is 185 cm³/mol. The molecule has 4 rings (SSSR count). The third-order valence-electron chi connectivity index (χ3n) is 8.28. The molecule has 3 aromatic rings. The smallest absolute Gasteiger partial charge is 0.416 e. The van der Waals surface area contributed by atoms with Crippen LogP contribution in [0, 0.1) is 0 Å². The summed E-state index contributed by atoms with van der Waals surface area (Å²) in [5, 5.41) is 0. The summed E-state index contributed by atoms with van der Waals surface area (Å²) >= 11 is -1.71. The van der Waals surface area contributed by atoms with E-state index in [-0.39, 0.29) is 19.2 Å². The van der Waals surface area contributed by atoms with Gasteiger partial charge in [-0.2, -0.15) is 13.2 Å². The van der Waals surface area contributed by atoms with Crippen LogP contribution in [-0.2, 0) is 32.3 Å². The number of nitrogens with zero attached hydrogens (tertiary/aromatic N) is 3. The summed E-state index contributed by atoms with van der Waals surface area (Å²) in [7, 11) is 0.0354. The molecule has 49 heavy (non-hydrogen) atoms. The van der Waals surface area contributed by atoms with E-state index < -0.39 is 66.5 Å². The number of alkyl halides is 3. The SMILES string of the molecule is COC[C@H](c1ccc2c(c1)nc([C@H](COC(C)(C)C(F)(F)F)N[S+]([O-])C(C)(C)C)n2COCC[Si](C)(C)C)N1C(=O)c2ccccc2C1=O. The van der Waals surface area contributed by atoms with E-state index in [0.29, 0.717) is 34.3 Å². The first-order chi connectivity index (χ1) is 22.7. The lowest BCUT2D eigenvalue weighted by Crippen LogP contribution is -2.47. The van der Waals surface area contributed by atoms with Crippen LogP contribution in [0.4, 0.5) is 13.2 Å². The molecule has 3 atom stereocenters. The monoisotopic (exact) mass is 724 g/mol. The van der Waals surface area contributed by atoms with Crippen molar-refractivity contribution in [3.63, 3.8) is 0 Å². The number of benzene rings is 2. The van der Waals surface area contributed by atoms with Crippen LogP contribution in [0.3, 0.4) is 0 Å². The van der Waals surface area contributed by atoms with Gasteiger partial charge in [-0.15, -0.1) is 4.72 Å². The number of halogens is 3. The van der Waals surface area contributed by atoms with Gasteiger partial charge in [0.1, 0.15) is 23.3 Å². The minimum Gasteiger partial charge on any atom is -0.598 e. The Bertz CT molecular complexity index is 1620. The highest BCUT2D eigenvalue weighted by molar-refractivity contribution is 7.90. The molecule has 1 aliphatic heterocycles. The van der Waals surface area contributed by atoms with Gasteiger partial charge in [0, 0.05) is 33.2 Å². The Hall–Kier alpha value is -2.79. The van der Waals surface area contributed by atoms with Crippen molar-refractivity contribution in [2.24, 2.45) is 0 Å². The number of methoxy groups -OCH3 is 1. The lowest BCUT2D eigenvalue weighted by Gasteiger charge is -2.32. The average Bonchev–Trinajstić information content (AvgIpc) is 3.48. The molecule has 15 heteroatoms. The summed E-state index contributed by atoms with van der Waals surface area (Å²) < 4.78 is 75.8. The van der Waals surface area contributed by atoms with Gasteiger partial charge in [-0.3, -0.25) is 14.5 Å². The molecule has 0 saturated carbocycles. The number of hydrogen-bond acceptors (Lipinski definition) is 8. The number of hydrogen-bond donors (Lipinski definition) is 1. The molecule has 1 aromatic heterocycles. The molecule has 2 heterocycles. The van der Waals surface area contributed by atoms with E-state index in [1.807, 2.05) is 0 Å². The standard InChI is InChI=1S/C34H47F3N4O6SSi/c1-32(2,3)48(44)39-26(19-47-33(4,5)34(35,36)37)29-38-25-18-22(14-15-27(25)40(29)21-46-16-17-49(7,8)9)28(20-45-6)41-30(42)23-12-10-11-13-24(23)31(41)43/h10-15,18,26,28,39H,16-17,19-21H2,1-9H3/t26-,28+,48?/m0/s1. The largest absolute Gasteiger partial charge is 0.598 e. The fraction of sp³-hybridized carbons (Fsp3) is 0.559. The zero-order valence-electron chi connectivity index (χ0n) is 29.6. The van der Waals surface area contributed by atoms with Crippen molar-refractivity contribution >= 4 is 42.3 Å². The van der Waals surface area contributed by atoms with E-state index in [2.05, 4.69) is 24.4 Å². The van der Waals surface area contributed by atoms with Gasteiger partial charge >= 0.3 is 6.18 Å². The van der Waals surface area contributed by atoms with Crippen molar-refractivity contribution < 1.29 is 41.5 Å². The number of carbonyl (C=O) groups excluding carboxylic acids is 2. The van der Waals surface area contributed by atoms with Gasteiger partial charge in [-0.1, -0.05) is 37.8 Å². The molecular weight excluding hydrogens is 678 g/mol. The summed E-state index contributed by atoms with van der Waals surface area (Å²) in [6, 6.07) is 10.9. The molecular formula is C34H47F3N4O6SSi. The number of carbonyl (C=O) groups is 2. The third kappa shape index (κ3) is 8.93.